The summed E-state index contributed by atoms with van der Waals surface area (Å²) in [6.07, 6.45) is 10.8. The van der Waals surface area contributed by atoms with E-state index in [1.165, 1.54) is 56.0 Å². The van der Waals surface area contributed by atoms with E-state index in [2.05, 4.69) is 29.3 Å². The van der Waals surface area contributed by atoms with Gasteiger partial charge in [-0.05, 0) is 41.7 Å². The first kappa shape index (κ1) is 19.3. The van der Waals surface area contributed by atoms with Gasteiger partial charge in [0, 0.05) is 0 Å². The third kappa shape index (κ3) is 7.18. The zero-order valence-corrected chi connectivity index (χ0v) is 15.3. The molecule has 0 heterocycles. The van der Waals surface area contributed by atoms with Crippen LogP contribution in [0.4, 0.5) is 4.39 Å². The van der Waals surface area contributed by atoms with Gasteiger partial charge in [0.25, 0.3) is 0 Å². The number of aryl methyl sites for hydroxylation is 1. The van der Waals surface area contributed by atoms with Crippen molar-refractivity contribution >= 4 is 24.0 Å². The van der Waals surface area contributed by atoms with E-state index in [9.17, 15) is 4.39 Å². The maximum Gasteiger partial charge on any atom is 0.142 e. The second-order valence-corrected chi connectivity index (χ2v) is 6.48. The lowest BCUT2D eigenvalue weighted by atomic mass is 10.0. The molecule has 2 aromatic carbocycles. The van der Waals surface area contributed by atoms with Crippen LogP contribution in [0.25, 0.3) is 0 Å². The van der Waals surface area contributed by atoms with Gasteiger partial charge in [-0.2, -0.15) is 10.2 Å². The molecular formula is C21H24ClFN2. The maximum atomic E-state index is 13.3. The zero-order valence-electron chi connectivity index (χ0n) is 14.6. The largest absolute Gasteiger partial charge is 0.205 e. The van der Waals surface area contributed by atoms with Crippen LogP contribution >= 0.6 is 11.6 Å². The highest BCUT2D eigenvalue weighted by molar-refractivity contribution is 6.30. The van der Waals surface area contributed by atoms with Crippen molar-refractivity contribution < 1.29 is 4.39 Å². The van der Waals surface area contributed by atoms with Gasteiger partial charge in [-0.25, -0.2) is 4.39 Å². The molecule has 0 aliphatic rings. The van der Waals surface area contributed by atoms with Crippen molar-refractivity contribution in [3.63, 3.8) is 0 Å². The number of hydrogen-bond acceptors (Lipinski definition) is 2. The van der Waals surface area contributed by atoms with Crippen molar-refractivity contribution in [1.82, 2.24) is 0 Å². The molecule has 0 fully saturated rings. The van der Waals surface area contributed by atoms with Crippen LogP contribution in [0.3, 0.4) is 0 Å². The maximum absolute atomic E-state index is 13.3. The minimum atomic E-state index is -0.458. The van der Waals surface area contributed by atoms with E-state index in [0.29, 0.717) is 5.56 Å². The minimum Gasteiger partial charge on any atom is -0.205 e. The highest BCUT2D eigenvalue weighted by Crippen LogP contribution is 2.14. The third-order valence-corrected chi connectivity index (χ3v) is 4.28. The molecule has 0 aliphatic heterocycles. The molecule has 0 unspecified atom stereocenters. The van der Waals surface area contributed by atoms with Crippen LogP contribution in [0.2, 0.25) is 5.02 Å². The lowest BCUT2D eigenvalue weighted by Crippen LogP contribution is -1.88. The lowest BCUT2D eigenvalue weighted by Gasteiger charge is -2.02. The highest BCUT2D eigenvalue weighted by atomic mass is 35.5. The Morgan fingerprint density at radius 1 is 0.880 bits per heavy atom. The monoisotopic (exact) mass is 358 g/mol. The Balaban J connectivity index is 1.80. The molecule has 25 heavy (non-hydrogen) atoms. The van der Waals surface area contributed by atoms with Gasteiger partial charge in [-0.3, -0.25) is 0 Å². The summed E-state index contributed by atoms with van der Waals surface area (Å²) < 4.78 is 13.3. The van der Waals surface area contributed by atoms with E-state index in [4.69, 9.17) is 11.6 Å². The predicted octanol–water partition coefficient (Wildman–Crippen LogP) is 6.45. The normalized spacial score (nSPS) is 11.6. The second kappa shape index (κ2) is 10.8. The van der Waals surface area contributed by atoms with E-state index >= 15 is 0 Å². The SMILES string of the molecule is CCCCCCCc1ccc(/C=N/N=C/c2ccc(Cl)c(F)c2)cc1. The summed E-state index contributed by atoms with van der Waals surface area (Å²) in [6, 6.07) is 12.9. The van der Waals surface area contributed by atoms with Crippen molar-refractivity contribution in [2.75, 3.05) is 0 Å². The van der Waals surface area contributed by atoms with Gasteiger partial charge in [-0.15, -0.1) is 0 Å². The molecule has 2 aromatic rings. The van der Waals surface area contributed by atoms with Crippen molar-refractivity contribution in [3.8, 4) is 0 Å². The summed E-state index contributed by atoms with van der Waals surface area (Å²) in [4.78, 5) is 0. The second-order valence-electron chi connectivity index (χ2n) is 6.07. The third-order valence-electron chi connectivity index (χ3n) is 3.97. The number of halogens is 2. The Morgan fingerprint density at radius 3 is 2.20 bits per heavy atom. The number of benzene rings is 2. The molecule has 0 atom stereocenters. The van der Waals surface area contributed by atoms with Gasteiger partial charge >= 0.3 is 0 Å². The molecule has 4 heteroatoms. The van der Waals surface area contributed by atoms with Crippen molar-refractivity contribution in [1.29, 1.82) is 0 Å². The average Bonchev–Trinajstić information content (AvgIpc) is 2.62. The highest BCUT2D eigenvalue weighted by Gasteiger charge is 1.98. The van der Waals surface area contributed by atoms with Gasteiger partial charge in [0.15, 0.2) is 0 Å². The average molecular weight is 359 g/mol. The molecule has 0 saturated carbocycles. The fourth-order valence-electron chi connectivity index (χ4n) is 2.50. The standard InChI is InChI=1S/C21H24ClFN2/c1-2-3-4-5-6-7-17-8-10-18(11-9-17)15-24-25-16-19-12-13-20(22)21(23)14-19/h8-16H,2-7H2,1H3/b24-15+,25-16+. The van der Waals surface area contributed by atoms with Crippen molar-refractivity contribution in [2.24, 2.45) is 10.2 Å². The van der Waals surface area contributed by atoms with Crippen molar-refractivity contribution in [3.05, 3.63) is 70.0 Å². The molecule has 0 bridgehead atoms. The predicted molar refractivity (Wildman–Crippen MR) is 106 cm³/mol. The van der Waals surface area contributed by atoms with Crippen LogP contribution in [0.15, 0.2) is 52.7 Å². The minimum absolute atomic E-state index is 0.103. The van der Waals surface area contributed by atoms with Gasteiger partial charge in [0.05, 0.1) is 17.5 Å². The van der Waals surface area contributed by atoms with E-state index < -0.39 is 5.82 Å². The van der Waals surface area contributed by atoms with Crippen LogP contribution in [0, 0.1) is 5.82 Å². The Bertz CT molecular complexity index is 708. The smallest absolute Gasteiger partial charge is 0.142 e. The molecule has 2 rings (SSSR count). The van der Waals surface area contributed by atoms with Crippen molar-refractivity contribution in [2.45, 2.75) is 45.4 Å². The Kier molecular flexibility index (Phi) is 8.33. The molecule has 0 radical (unpaired) electrons. The summed E-state index contributed by atoms with van der Waals surface area (Å²) in [5.41, 5.74) is 2.97. The van der Waals surface area contributed by atoms with Gasteiger partial charge in [0.1, 0.15) is 5.82 Å². The first-order chi connectivity index (χ1) is 12.2. The number of unbranched alkanes of at least 4 members (excludes halogenated alkanes) is 4. The Labute approximate surface area is 154 Å². The fraction of sp³-hybridized carbons (Fsp3) is 0.333. The van der Waals surface area contributed by atoms with E-state index in [0.717, 1.165) is 12.0 Å². The van der Waals surface area contributed by atoms with Crippen LogP contribution in [-0.4, -0.2) is 12.4 Å². The van der Waals surface area contributed by atoms with E-state index in [1.54, 1.807) is 12.3 Å². The topological polar surface area (TPSA) is 24.7 Å². The fourth-order valence-corrected chi connectivity index (χ4v) is 2.61. The van der Waals surface area contributed by atoms with Crippen LogP contribution in [0.5, 0.6) is 0 Å². The summed E-state index contributed by atoms with van der Waals surface area (Å²) in [5, 5.41) is 8.05. The zero-order chi connectivity index (χ0) is 17.9. The van der Waals surface area contributed by atoms with E-state index in [1.807, 2.05) is 12.1 Å². The molecule has 2 nitrogen and oxygen atoms in total. The summed E-state index contributed by atoms with van der Waals surface area (Å²) in [7, 11) is 0. The van der Waals surface area contributed by atoms with E-state index in [-0.39, 0.29) is 5.02 Å². The summed E-state index contributed by atoms with van der Waals surface area (Å²) >= 11 is 5.64. The molecule has 0 N–H and O–H groups in total. The summed E-state index contributed by atoms with van der Waals surface area (Å²) in [6.45, 7) is 2.23. The van der Waals surface area contributed by atoms with Crippen LogP contribution in [0.1, 0.15) is 55.7 Å². The molecule has 0 amide bonds. The molecule has 0 aliphatic carbocycles. The van der Waals surface area contributed by atoms with Gasteiger partial charge in [-0.1, -0.05) is 74.5 Å². The molecule has 0 spiro atoms. The quantitative estimate of drug-likeness (QED) is 0.280. The lowest BCUT2D eigenvalue weighted by molar-refractivity contribution is 0.628. The number of hydrogen-bond donors (Lipinski definition) is 0. The summed E-state index contributed by atoms with van der Waals surface area (Å²) in [5.74, 6) is -0.458. The number of nitrogens with zero attached hydrogens (tertiary/aromatic N) is 2. The Morgan fingerprint density at radius 2 is 1.52 bits per heavy atom. The molecule has 132 valence electrons. The van der Waals surface area contributed by atoms with Gasteiger partial charge < -0.3 is 0 Å². The molecule has 0 saturated heterocycles. The van der Waals surface area contributed by atoms with Crippen LogP contribution < -0.4 is 0 Å². The first-order valence-electron chi connectivity index (χ1n) is 8.79. The van der Waals surface area contributed by atoms with Gasteiger partial charge in [0.2, 0.25) is 0 Å². The molecular weight excluding hydrogens is 335 g/mol. The molecule has 0 aromatic heterocycles. The van der Waals surface area contributed by atoms with Crippen LogP contribution in [-0.2, 0) is 6.42 Å². The number of rotatable bonds is 9. The Hall–Kier alpha value is -2.00. The first-order valence-corrected chi connectivity index (χ1v) is 9.17.